The lowest BCUT2D eigenvalue weighted by molar-refractivity contribution is -0.123. The van der Waals surface area contributed by atoms with E-state index in [4.69, 9.17) is 5.11 Å². The molecule has 0 spiro atoms. The van der Waals surface area contributed by atoms with Crippen LogP contribution in [0.3, 0.4) is 0 Å². The normalized spacial score (nSPS) is 20.0. The van der Waals surface area contributed by atoms with E-state index in [1.54, 1.807) is 6.92 Å². The van der Waals surface area contributed by atoms with E-state index in [1.807, 2.05) is 24.3 Å². The van der Waals surface area contributed by atoms with Crippen LogP contribution in [0.5, 0.6) is 0 Å². The van der Waals surface area contributed by atoms with E-state index in [9.17, 15) is 4.79 Å². The van der Waals surface area contributed by atoms with Gasteiger partial charge >= 0.3 is 0 Å². The number of benzene rings is 1. The Hall–Kier alpha value is -1.35. The molecule has 0 radical (unpaired) electrons. The van der Waals surface area contributed by atoms with E-state index in [0.717, 1.165) is 12.0 Å². The van der Waals surface area contributed by atoms with Crippen molar-refractivity contribution in [1.82, 2.24) is 5.32 Å². The molecule has 1 aromatic carbocycles. The lowest BCUT2D eigenvalue weighted by Gasteiger charge is -2.29. The molecule has 0 saturated heterocycles. The van der Waals surface area contributed by atoms with Gasteiger partial charge in [-0.2, -0.15) is 0 Å². The molecule has 1 unspecified atom stereocenters. The summed E-state index contributed by atoms with van der Waals surface area (Å²) in [5.74, 6) is 0.00884. The molecule has 0 saturated carbocycles. The Morgan fingerprint density at radius 1 is 1.60 bits per heavy atom. The van der Waals surface area contributed by atoms with Gasteiger partial charge in [0, 0.05) is 6.54 Å². The number of fused-ring (bicyclic) bond motifs is 1. The summed E-state index contributed by atoms with van der Waals surface area (Å²) in [6.07, 6.45) is 0.339. The van der Waals surface area contributed by atoms with Gasteiger partial charge in [0.25, 0.3) is 0 Å². The van der Waals surface area contributed by atoms with Gasteiger partial charge in [-0.15, -0.1) is 0 Å². The zero-order chi connectivity index (χ0) is 10.8. The number of rotatable bonds is 3. The first kappa shape index (κ1) is 10.2. The molecule has 0 bridgehead atoms. The minimum absolute atomic E-state index is 0.0139. The number of aliphatic hydroxyl groups is 1. The Bertz CT molecular complexity index is 374. The average molecular weight is 205 g/mol. The number of hydrogen-bond donors (Lipinski definition) is 2. The predicted molar refractivity (Wildman–Crippen MR) is 57.6 cm³/mol. The van der Waals surface area contributed by atoms with Gasteiger partial charge < -0.3 is 10.4 Å². The van der Waals surface area contributed by atoms with Crippen LogP contribution in [0.25, 0.3) is 0 Å². The molecule has 2 atom stereocenters. The number of aliphatic hydroxyl groups excluding tert-OH is 1. The molecule has 2 N–H and O–H groups in total. The maximum Gasteiger partial charge on any atom is 0.227 e. The zero-order valence-corrected chi connectivity index (χ0v) is 8.73. The van der Waals surface area contributed by atoms with Crippen molar-refractivity contribution in [2.75, 3.05) is 6.54 Å². The van der Waals surface area contributed by atoms with Crippen LogP contribution >= 0.6 is 0 Å². The highest BCUT2D eigenvalue weighted by atomic mass is 16.3. The van der Waals surface area contributed by atoms with E-state index in [2.05, 4.69) is 5.32 Å². The van der Waals surface area contributed by atoms with Crippen molar-refractivity contribution in [1.29, 1.82) is 0 Å². The molecule has 80 valence electrons. The maximum atomic E-state index is 11.7. The highest BCUT2D eigenvalue weighted by molar-refractivity contribution is 5.86. The van der Waals surface area contributed by atoms with Crippen molar-refractivity contribution in [2.45, 2.75) is 25.4 Å². The number of nitrogens with one attached hydrogen (secondary N) is 1. The Morgan fingerprint density at radius 3 is 3.00 bits per heavy atom. The van der Waals surface area contributed by atoms with Crippen LogP contribution in [0.4, 0.5) is 0 Å². The molecular weight excluding hydrogens is 190 g/mol. The van der Waals surface area contributed by atoms with Crippen molar-refractivity contribution in [3.05, 3.63) is 35.4 Å². The van der Waals surface area contributed by atoms with Crippen LogP contribution < -0.4 is 5.32 Å². The monoisotopic (exact) mass is 205 g/mol. The summed E-state index contributed by atoms with van der Waals surface area (Å²) in [5.41, 5.74) is 2.38. The van der Waals surface area contributed by atoms with Crippen LogP contribution in [0.1, 0.15) is 24.0 Å². The lowest BCUT2D eigenvalue weighted by Crippen LogP contribution is -2.38. The molecule has 0 aliphatic heterocycles. The number of amides is 1. The topological polar surface area (TPSA) is 49.3 Å². The van der Waals surface area contributed by atoms with Gasteiger partial charge in [-0.3, -0.25) is 4.79 Å². The van der Waals surface area contributed by atoms with E-state index in [0.29, 0.717) is 6.54 Å². The van der Waals surface area contributed by atoms with Crippen molar-refractivity contribution in [3.63, 3.8) is 0 Å². The maximum absolute atomic E-state index is 11.7. The van der Waals surface area contributed by atoms with Crippen LogP contribution in [-0.2, 0) is 11.2 Å². The second kappa shape index (κ2) is 4.03. The number of carbonyl (C=O) groups is 1. The number of carbonyl (C=O) groups excluding carboxylic acids is 1. The molecule has 1 aromatic rings. The minimum Gasteiger partial charge on any atom is -0.392 e. The highest BCUT2D eigenvalue weighted by Gasteiger charge is 2.31. The summed E-state index contributed by atoms with van der Waals surface area (Å²) in [6, 6.07) is 7.98. The summed E-state index contributed by atoms with van der Waals surface area (Å²) >= 11 is 0. The van der Waals surface area contributed by atoms with Crippen LogP contribution in [-0.4, -0.2) is 23.7 Å². The first-order valence-electron chi connectivity index (χ1n) is 5.22. The van der Waals surface area contributed by atoms with E-state index >= 15 is 0 Å². The smallest absolute Gasteiger partial charge is 0.227 e. The second-order valence-corrected chi connectivity index (χ2v) is 4.05. The van der Waals surface area contributed by atoms with Gasteiger partial charge in [-0.05, 0) is 24.5 Å². The molecule has 3 nitrogen and oxygen atoms in total. The molecule has 1 aliphatic carbocycles. The second-order valence-electron chi connectivity index (χ2n) is 4.05. The molecule has 0 heterocycles. The highest BCUT2D eigenvalue weighted by Crippen LogP contribution is 2.34. The van der Waals surface area contributed by atoms with Gasteiger partial charge in [-0.25, -0.2) is 0 Å². The van der Waals surface area contributed by atoms with Gasteiger partial charge in [0.15, 0.2) is 0 Å². The SMILES string of the molecule is C[C@H](O)CNC(=O)C1Cc2ccccc21. The van der Waals surface area contributed by atoms with Gasteiger partial charge in [0.2, 0.25) is 5.91 Å². The zero-order valence-electron chi connectivity index (χ0n) is 8.73. The average Bonchev–Trinajstić information content (AvgIpc) is 2.17. The van der Waals surface area contributed by atoms with Crippen LogP contribution in [0.15, 0.2) is 24.3 Å². The molecule has 0 aromatic heterocycles. The van der Waals surface area contributed by atoms with E-state index < -0.39 is 6.10 Å². The molecule has 15 heavy (non-hydrogen) atoms. The third kappa shape index (κ3) is 2.02. The van der Waals surface area contributed by atoms with Crippen molar-refractivity contribution in [2.24, 2.45) is 0 Å². The van der Waals surface area contributed by atoms with Gasteiger partial charge in [0.05, 0.1) is 12.0 Å². The molecule has 2 rings (SSSR count). The summed E-state index contributed by atoms with van der Waals surface area (Å²) in [7, 11) is 0. The molecule has 1 amide bonds. The summed E-state index contributed by atoms with van der Waals surface area (Å²) in [6.45, 7) is 1.99. The van der Waals surface area contributed by atoms with Crippen LogP contribution in [0, 0.1) is 0 Å². The first-order valence-corrected chi connectivity index (χ1v) is 5.22. The molecule has 0 fully saturated rings. The fourth-order valence-electron chi connectivity index (χ4n) is 1.86. The minimum atomic E-state index is -0.482. The Balaban J connectivity index is 1.96. The van der Waals surface area contributed by atoms with Crippen molar-refractivity contribution in [3.8, 4) is 0 Å². The predicted octanol–water partition coefficient (Wildman–Crippen LogP) is 0.823. The Morgan fingerprint density at radius 2 is 2.33 bits per heavy atom. The first-order chi connectivity index (χ1) is 7.18. The summed E-state index contributed by atoms with van der Waals surface area (Å²) in [5, 5.41) is 11.8. The van der Waals surface area contributed by atoms with E-state index in [1.165, 1.54) is 5.56 Å². The number of hydrogen-bond acceptors (Lipinski definition) is 2. The fraction of sp³-hybridized carbons (Fsp3) is 0.417. The van der Waals surface area contributed by atoms with Crippen LogP contribution in [0.2, 0.25) is 0 Å². The summed E-state index contributed by atoms with van der Waals surface area (Å²) < 4.78 is 0. The van der Waals surface area contributed by atoms with Gasteiger partial charge in [-0.1, -0.05) is 24.3 Å². The van der Waals surface area contributed by atoms with Crippen molar-refractivity contribution < 1.29 is 9.90 Å². The van der Waals surface area contributed by atoms with Gasteiger partial charge in [0.1, 0.15) is 0 Å². The third-order valence-corrected chi connectivity index (χ3v) is 2.74. The molecule has 3 heteroatoms. The standard InChI is InChI=1S/C12H15NO2/c1-8(14)7-13-12(15)11-6-9-4-2-3-5-10(9)11/h2-5,8,11,14H,6-7H2,1H3,(H,13,15)/t8-,11?/m0/s1. The Labute approximate surface area is 89.1 Å². The Kier molecular flexibility index (Phi) is 2.73. The van der Waals surface area contributed by atoms with E-state index in [-0.39, 0.29) is 11.8 Å². The molecular formula is C12H15NO2. The summed E-state index contributed by atoms with van der Waals surface area (Å²) in [4.78, 5) is 11.7. The largest absolute Gasteiger partial charge is 0.392 e. The lowest BCUT2D eigenvalue weighted by atomic mass is 9.77. The fourth-order valence-corrected chi connectivity index (χ4v) is 1.86. The molecule has 1 aliphatic rings. The third-order valence-electron chi connectivity index (χ3n) is 2.74. The van der Waals surface area contributed by atoms with Crippen molar-refractivity contribution >= 4 is 5.91 Å². The quantitative estimate of drug-likeness (QED) is 0.767.